The van der Waals surface area contributed by atoms with E-state index in [0.29, 0.717) is 25.1 Å². The lowest BCUT2D eigenvalue weighted by molar-refractivity contribution is -0.141. The van der Waals surface area contributed by atoms with Crippen molar-refractivity contribution >= 4 is 60.0 Å². The van der Waals surface area contributed by atoms with Gasteiger partial charge >= 0.3 is 5.97 Å². The van der Waals surface area contributed by atoms with Crippen molar-refractivity contribution in [2.24, 2.45) is 38.7 Å². The fourth-order valence-corrected chi connectivity index (χ4v) is 3.66. The predicted molar refractivity (Wildman–Crippen MR) is 148 cm³/mol. The highest BCUT2D eigenvalue weighted by Crippen LogP contribution is 2.06. The second-order valence-corrected chi connectivity index (χ2v) is 9.34. The lowest BCUT2D eigenvalue weighted by atomic mass is 10.1. The normalized spacial score (nSPS) is 13.8. The number of nitrogens with one attached hydrogen (secondary N) is 3. The van der Waals surface area contributed by atoms with E-state index < -0.39 is 47.9 Å². The fraction of sp³-hybridized carbons (Fsp3) is 0.700. The molecule has 0 aliphatic carbocycles. The van der Waals surface area contributed by atoms with Crippen LogP contribution in [0.3, 0.4) is 0 Å². The molecule has 14 N–H and O–H groups in total. The van der Waals surface area contributed by atoms with Crippen LogP contribution in [0.25, 0.3) is 0 Å². The van der Waals surface area contributed by atoms with Crippen molar-refractivity contribution in [1.29, 1.82) is 0 Å². The first kappa shape index (κ1) is 34.1. The molecule has 4 atom stereocenters. The average molecular weight is 565 g/mol. The molecule has 0 radical (unpaired) electrons. The Morgan fingerprint density at radius 3 is 1.73 bits per heavy atom. The summed E-state index contributed by atoms with van der Waals surface area (Å²) in [4.78, 5) is 57.5. The maximum Gasteiger partial charge on any atom is 0.327 e. The van der Waals surface area contributed by atoms with E-state index in [-0.39, 0.29) is 43.5 Å². The van der Waals surface area contributed by atoms with Crippen molar-refractivity contribution < 1.29 is 24.3 Å². The van der Waals surface area contributed by atoms with Gasteiger partial charge in [0.05, 0.1) is 6.04 Å². The van der Waals surface area contributed by atoms with E-state index in [2.05, 4.69) is 38.6 Å². The number of guanidine groups is 2. The van der Waals surface area contributed by atoms with Gasteiger partial charge in [-0.1, -0.05) is 0 Å². The number of carbonyl (C=O) groups is 4. The fourth-order valence-electron chi connectivity index (χ4n) is 2.94. The molecule has 0 spiro atoms. The number of thioether (sulfide) groups is 1. The maximum absolute atomic E-state index is 13.1. The zero-order valence-corrected chi connectivity index (χ0v) is 22.6. The number of carboxylic acids is 1. The third kappa shape index (κ3) is 15.7. The number of aliphatic carboxylic acids is 1. The molecule has 37 heavy (non-hydrogen) atoms. The molecular weight excluding hydrogens is 524 g/mol. The van der Waals surface area contributed by atoms with E-state index in [4.69, 9.17) is 28.7 Å². The van der Waals surface area contributed by atoms with Gasteiger partial charge in [0.25, 0.3) is 0 Å². The van der Waals surface area contributed by atoms with Crippen LogP contribution in [0.15, 0.2) is 9.98 Å². The Labute approximate surface area is 226 Å². The molecule has 3 amide bonds. The number of hydrogen-bond acceptors (Lipinski definition) is 9. The first-order chi connectivity index (χ1) is 17.4. The molecule has 0 rings (SSSR count). The molecule has 0 heterocycles. The van der Waals surface area contributed by atoms with Crippen molar-refractivity contribution in [1.82, 2.24) is 16.0 Å². The summed E-state index contributed by atoms with van der Waals surface area (Å²) in [5.41, 5.74) is 27.1. The van der Waals surface area contributed by atoms with E-state index in [9.17, 15) is 24.3 Å². The van der Waals surface area contributed by atoms with Gasteiger partial charge in [-0.3, -0.25) is 24.4 Å². The monoisotopic (exact) mass is 564 g/mol. The van der Waals surface area contributed by atoms with Crippen LogP contribution in [0.1, 0.15) is 32.1 Å². The minimum absolute atomic E-state index is 0.0623. The summed E-state index contributed by atoms with van der Waals surface area (Å²) in [7, 11) is 0. The van der Waals surface area contributed by atoms with Crippen molar-refractivity contribution in [3.8, 4) is 0 Å². The number of rotatable bonds is 19. The number of hydrogen-bond donors (Lipinski definition) is 10. The molecule has 15 nitrogen and oxygen atoms in total. The predicted octanol–water partition coefficient (Wildman–Crippen LogP) is -3.36. The molecule has 212 valence electrons. The Bertz CT molecular complexity index is 806. The quantitative estimate of drug-likeness (QED) is 0.0320. The summed E-state index contributed by atoms with van der Waals surface area (Å²) in [5, 5.41) is 16.8. The van der Waals surface area contributed by atoms with Crippen molar-refractivity contribution in [3.63, 3.8) is 0 Å². The van der Waals surface area contributed by atoms with E-state index in [1.165, 1.54) is 11.8 Å². The van der Waals surface area contributed by atoms with Crippen LogP contribution in [-0.2, 0) is 19.2 Å². The third-order valence-corrected chi connectivity index (χ3v) is 5.93. The summed E-state index contributed by atoms with van der Waals surface area (Å²) in [5.74, 6) is -2.94. The Morgan fingerprint density at radius 2 is 1.27 bits per heavy atom. The van der Waals surface area contributed by atoms with Gasteiger partial charge in [0.1, 0.15) is 18.1 Å². The molecular formula is C20H40N10O5S2. The number of nitrogens with zero attached hydrogens (tertiary/aromatic N) is 2. The molecule has 0 aromatic heterocycles. The standard InChI is InChI=1S/C20H40N10O5S2/c1-37-9-6-13(28-15(31)11(21)4-2-7-26-19(22)23)17(33)29-12(5-3-8-27-20(24)25)16(32)30-14(10-36)18(34)35/h11-14,36H,2-10,21H2,1H3,(H,28,31)(H,29,33)(H,30,32)(H,34,35)(H4,22,23,26)(H4,24,25,27). The Kier molecular flexibility index (Phi) is 17.7. The maximum atomic E-state index is 13.1. The number of aliphatic imine (C=N–C) groups is 2. The molecule has 0 aromatic carbocycles. The first-order valence-electron chi connectivity index (χ1n) is 11.5. The van der Waals surface area contributed by atoms with Gasteiger partial charge in [-0.25, -0.2) is 4.79 Å². The van der Waals surface area contributed by atoms with E-state index in [1.54, 1.807) is 0 Å². The number of amides is 3. The lowest BCUT2D eigenvalue weighted by Gasteiger charge is -2.25. The van der Waals surface area contributed by atoms with E-state index in [0.717, 1.165) is 0 Å². The molecule has 0 aromatic rings. The molecule has 0 aliphatic rings. The number of carboxylic acid groups (broad SMARTS) is 1. The van der Waals surface area contributed by atoms with Gasteiger partial charge in [-0.15, -0.1) is 0 Å². The van der Waals surface area contributed by atoms with Crippen molar-refractivity contribution in [2.75, 3.05) is 30.9 Å². The van der Waals surface area contributed by atoms with Crippen LogP contribution in [0.5, 0.6) is 0 Å². The first-order valence-corrected chi connectivity index (χ1v) is 13.6. The highest BCUT2D eigenvalue weighted by molar-refractivity contribution is 7.98. The smallest absolute Gasteiger partial charge is 0.327 e. The van der Waals surface area contributed by atoms with Gasteiger partial charge < -0.3 is 49.7 Å². The summed E-state index contributed by atoms with van der Waals surface area (Å²) < 4.78 is 0. The topological polar surface area (TPSA) is 279 Å². The Balaban J connectivity index is 5.41. The highest BCUT2D eigenvalue weighted by Gasteiger charge is 2.29. The third-order valence-electron chi connectivity index (χ3n) is 4.92. The summed E-state index contributed by atoms with van der Waals surface area (Å²) in [6.45, 7) is 0.498. The summed E-state index contributed by atoms with van der Waals surface area (Å²) >= 11 is 5.40. The van der Waals surface area contributed by atoms with E-state index in [1.807, 2.05) is 6.26 Å². The number of nitrogens with two attached hydrogens (primary N) is 5. The van der Waals surface area contributed by atoms with Crippen LogP contribution in [-0.4, -0.2) is 95.7 Å². The zero-order chi connectivity index (χ0) is 28.4. The number of carbonyl (C=O) groups excluding carboxylic acids is 3. The zero-order valence-electron chi connectivity index (χ0n) is 20.9. The molecule has 0 fully saturated rings. The van der Waals surface area contributed by atoms with Crippen LogP contribution in [0.2, 0.25) is 0 Å². The van der Waals surface area contributed by atoms with Crippen LogP contribution < -0.4 is 44.6 Å². The van der Waals surface area contributed by atoms with E-state index >= 15 is 0 Å². The molecule has 0 aliphatic heterocycles. The molecule has 0 bridgehead atoms. The van der Waals surface area contributed by atoms with Gasteiger partial charge in [0.2, 0.25) is 17.7 Å². The van der Waals surface area contributed by atoms with Crippen LogP contribution in [0.4, 0.5) is 0 Å². The second kappa shape index (κ2) is 19.2. The minimum Gasteiger partial charge on any atom is -0.480 e. The van der Waals surface area contributed by atoms with Gasteiger partial charge in [0.15, 0.2) is 11.9 Å². The number of thiol groups is 1. The molecule has 17 heteroatoms. The molecule has 4 unspecified atom stereocenters. The van der Waals surface area contributed by atoms with Crippen molar-refractivity contribution in [2.45, 2.75) is 56.3 Å². The SMILES string of the molecule is CSCCC(NC(=O)C(N)CCCN=C(N)N)C(=O)NC(CCCN=C(N)N)C(=O)NC(CS)C(=O)O. The summed E-state index contributed by atoms with van der Waals surface area (Å²) in [6.07, 6.45) is 3.29. The Morgan fingerprint density at radius 1 is 0.811 bits per heavy atom. The lowest BCUT2D eigenvalue weighted by Crippen LogP contribution is -2.57. The van der Waals surface area contributed by atoms with Gasteiger partial charge in [-0.05, 0) is 44.1 Å². The molecule has 0 saturated carbocycles. The Hall–Kier alpha value is -2.92. The highest BCUT2D eigenvalue weighted by atomic mass is 32.2. The van der Waals surface area contributed by atoms with Gasteiger partial charge in [0, 0.05) is 18.8 Å². The van der Waals surface area contributed by atoms with Crippen LogP contribution >= 0.6 is 24.4 Å². The van der Waals surface area contributed by atoms with Crippen molar-refractivity contribution in [3.05, 3.63) is 0 Å². The minimum atomic E-state index is -1.27. The summed E-state index contributed by atoms with van der Waals surface area (Å²) in [6, 6.07) is -4.23. The molecule has 0 saturated heterocycles. The second-order valence-electron chi connectivity index (χ2n) is 7.99. The van der Waals surface area contributed by atoms with Crippen LogP contribution in [0, 0.1) is 0 Å². The average Bonchev–Trinajstić information content (AvgIpc) is 2.83. The van der Waals surface area contributed by atoms with Gasteiger partial charge in [-0.2, -0.15) is 24.4 Å². The largest absolute Gasteiger partial charge is 0.480 e.